The van der Waals surface area contributed by atoms with E-state index in [0.717, 1.165) is 0 Å². The first-order valence-corrected chi connectivity index (χ1v) is 8.72. The van der Waals surface area contributed by atoms with E-state index in [9.17, 15) is 8.42 Å². The zero-order valence-electron chi connectivity index (χ0n) is 10.4. The van der Waals surface area contributed by atoms with Gasteiger partial charge < -0.3 is 5.73 Å². The average Bonchev–Trinajstić information content (AvgIpc) is 2.36. The normalized spacial score (nSPS) is 17.8. The zero-order valence-corrected chi connectivity index (χ0v) is 15.1. The summed E-state index contributed by atoms with van der Waals surface area (Å²) in [5.74, 6) is 0. The predicted molar refractivity (Wildman–Crippen MR) is 87.4 cm³/mol. The van der Waals surface area contributed by atoms with E-state index in [1.54, 1.807) is 6.07 Å². The van der Waals surface area contributed by atoms with Gasteiger partial charge in [-0.25, -0.2) is 8.42 Å². The molecular weight excluding hydrogens is 410 g/mol. The maximum Gasteiger partial charge on any atom is 0.244 e. The van der Waals surface area contributed by atoms with Crippen molar-refractivity contribution in [3.8, 4) is 0 Å². The molecule has 1 aromatic carbocycles. The number of rotatable bonds is 2. The molecule has 0 unspecified atom stereocenters. The Balaban J connectivity index is 0.00000200. The van der Waals surface area contributed by atoms with Crippen LogP contribution in [0, 0.1) is 0 Å². The Morgan fingerprint density at radius 2 is 1.75 bits per heavy atom. The molecule has 1 fully saturated rings. The summed E-state index contributed by atoms with van der Waals surface area (Å²) < 4.78 is 27.0. The van der Waals surface area contributed by atoms with Gasteiger partial charge in [0.05, 0.1) is 10.0 Å². The van der Waals surface area contributed by atoms with Gasteiger partial charge in [0.2, 0.25) is 10.0 Å². The third-order valence-corrected chi connectivity index (χ3v) is 6.94. The number of nitrogens with zero attached hydrogens (tertiary/aromatic N) is 1. The van der Waals surface area contributed by atoms with E-state index in [2.05, 4.69) is 15.9 Å². The number of piperidine rings is 1. The number of sulfonamides is 1. The van der Waals surface area contributed by atoms with Crippen molar-refractivity contribution in [2.75, 3.05) is 13.1 Å². The van der Waals surface area contributed by atoms with Crippen LogP contribution in [0.1, 0.15) is 12.8 Å². The van der Waals surface area contributed by atoms with Gasteiger partial charge in [-0.05, 0) is 40.9 Å². The quantitative estimate of drug-likeness (QED) is 0.741. The van der Waals surface area contributed by atoms with Crippen LogP contribution in [0.5, 0.6) is 0 Å². The van der Waals surface area contributed by atoms with Crippen molar-refractivity contribution in [3.05, 3.63) is 26.7 Å². The second-order valence-corrected chi connectivity index (χ2v) is 7.93. The number of nitrogens with two attached hydrogens (primary N) is 1. The molecule has 0 aliphatic carbocycles. The molecule has 0 saturated carbocycles. The first-order chi connectivity index (χ1) is 8.84. The Bertz CT molecular complexity index is 590. The van der Waals surface area contributed by atoms with Gasteiger partial charge in [-0.2, -0.15) is 4.31 Å². The maximum absolute atomic E-state index is 12.5. The fourth-order valence-electron chi connectivity index (χ4n) is 1.96. The van der Waals surface area contributed by atoms with Crippen molar-refractivity contribution in [1.29, 1.82) is 0 Å². The number of hydrogen-bond donors (Lipinski definition) is 1. The summed E-state index contributed by atoms with van der Waals surface area (Å²) in [5.41, 5.74) is 5.78. The highest BCUT2D eigenvalue weighted by molar-refractivity contribution is 9.10. The fraction of sp³-hybridized carbons (Fsp3) is 0.455. The molecule has 2 rings (SSSR count). The van der Waals surface area contributed by atoms with E-state index in [0.29, 0.717) is 30.4 Å². The standard InChI is InChI=1S/C11H13BrCl2N2O2S.ClH/c12-8-1-2-9(11(14)10(8)13)19(17,18)16-5-3-7(15)4-6-16;/h1-2,7H,3-6,15H2;1H. The number of halogens is 4. The molecule has 0 bridgehead atoms. The lowest BCUT2D eigenvalue weighted by atomic mass is 10.1. The van der Waals surface area contributed by atoms with Gasteiger partial charge in [-0.15, -0.1) is 12.4 Å². The molecule has 20 heavy (non-hydrogen) atoms. The molecule has 0 aromatic heterocycles. The molecular formula is C11H14BrCl3N2O2S. The van der Waals surface area contributed by atoms with Crippen LogP contribution < -0.4 is 5.73 Å². The second kappa shape index (κ2) is 7.13. The summed E-state index contributed by atoms with van der Waals surface area (Å²) in [6.07, 6.45) is 1.31. The summed E-state index contributed by atoms with van der Waals surface area (Å²) in [6, 6.07) is 3.11. The van der Waals surface area contributed by atoms with Crippen LogP contribution in [0.2, 0.25) is 10.0 Å². The molecule has 0 atom stereocenters. The minimum absolute atomic E-state index is 0. The second-order valence-electron chi connectivity index (χ2n) is 4.42. The first-order valence-electron chi connectivity index (χ1n) is 5.73. The van der Waals surface area contributed by atoms with Gasteiger partial charge in [0.1, 0.15) is 4.90 Å². The number of benzene rings is 1. The fourth-order valence-corrected chi connectivity index (χ4v) is 4.62. The highest BCUT2D eigenvalue weighted by atomic mass is 79.9. The zero-order chi connectivity index (χ0) is 14.2. The molecule has 1 aliphatic heterocycles. The minimum Gasteiger partial charge on any atom is -0.328 e. The third kappa shape index (κ3) is 3.61. The molecule has 0 spiro atoms. The van der Waals surface area contributed by atoms with Crippen molar-refractivity contribution in [2.45, 2.75) is 23.8 Å². The molecule has 114 valence electrons. The van der Waals surface area contributed by atoms with Gasteiger partial charge in [-0.1, -0.05) is 23.2 Å². The average molecular weight is 425 g/mol. The van der Waals surface area contributed by atoms with Gasteiger partial charge in [0, 0.05) is 23.6 Å². The molecule has 1 saturated heterocycles. The minimum atomic E-state index is -3.61. The van der Waals surface area contributed by atoms with Crippen LogP contribution in [0.3, 0.4) is 0 Å². The molecule has 4 nitrogen and oxygen atoms in total. The summed E-state index contributed by atoms with van der Waals surface area (Å²) in [6.45, 7) is 0.820. The Morgan fingerprint density at radius 1 is 1.20 bits per heavy atom. The summed E-state index contributed by atoms with van der Waals surface area (Å²) in [4.78, 5) is 0.0397. The van der Waals surface area contributed by atoms with E-state index in [1.807, 2.05) is 0 Å². The summed E-state index contributed by atoms with van der Waals surface area (Å²) in [7, 11) is -3.61. The first kappa shape index (κ1) is 18.5. The Labute approximate surface area is 143 Å². The van der Waals surface area contributed by atoms with Gasteiger partial charge >= 0.3 is 0 Å². The van der Waals surface area contributed by atoms with Crippen molar-refractivity contribution in [2.24, 2.45) is 5.73 Å². The number of hydrogen-bond acceptors (Lipinski definition) is 3. The molecule has 0 amide bonds. The van der Waals surface area contributed by atoms with Crippen molar-refractivity contribution < 1.29 is 8.42 Å². The SMILES string of the molecule is Cl.NC1CCN(S(=O)(=O)c2ccc(Br)c(Cl)c2Cl)CC1. The third-order valence-electron chi connectivity index (χ3n) is 3.12. The van der Waals surface area contributed by atoms with E-state index in [-0.39, 0.29) is 33.4 Å². The van der Waals surface area contributed by atoms with Crippen LogP contribution in [0.15, 0.2) is 21.5 Å². The van der Waals surface area contributed by atoms with Crippen molar-refractivity contribution in [1.82, 2.24) is 4.31 Å². The molecule has 9 heteroatoms. The van der Waals surface area contributed by atoms with E-state index >= 15 is 0 Å². The van der Waals surface area contributed by atoms with E-state index in [4.69, 9.17) is 28.9 Å². The molecule has 1 aliphatic rings. The lowest BCUT2D eigenvalue weighted by Gasteiger charge is -2.29. The highest BCUT2D eigenvalue weighted by Crippen LogP contribution is 2.36. The van der Waals surface area contributed by atoms with Crippen LogP contribution in [0.25, 0.3) is 0 Å². The Kier molecular flexibility index (Phi) is 6.59. The molecule has 1 aromatic rings. The van der Waals surface area contributed by atoms with Crippen molar-refractivity contribution >= 4 is 61.6 Å². The highest BCUT2D eigenvalue weighted by Gasteiger charge is 2.30. The van der Waals surface area contributed by atoms with Gasteiger partial charge in [0.15, 0.2) is 0 Å². The summed E-state index contributed by atoms with van der Waals surface area (Å²) >= 11 is 15.2. The van der Waals surface area contributed by atoms with E-state index < -0.39 is 10.0 Å². The van der Waals surface area contributed by atoms with Crippen LogP contribution >= 0.6 is 51.5 Å². The molecule has 0 radical (unpaired) electrons. The summed E-state index contributed by atoms with van der Waals surface area (Å²) in [5, 5.41) is 0.252. The smallest absolute Gasteiger partial charge is 0.244 e. The van der Waals surface area contributed by atoms with Crippen LogP contribution in [-0.2, 0) is 10.0 Å². The van der Waals surface area contributed by atoms with Crippen molar-refractivity contribution in [3.63, 3.8) is 0 Å². The maximum atomic E-state index is 12.5. The van der Waals surface area contributed by atoms with Crippen LogP contribution in [0.4, 0.5) is 0 Å². The molecule has 1 heterocycles. The largest absolute Gasteiger partial charge is 0.328 e. The monoisotopic (exact) mass is 422 g/mol. The van der Waals surface area contributed by atoms with Crippen LogP contribution in [-0.4, -0.2) is 31.9 Å². The Morgan fingerprint density at radius 3 is 2.30 bits per heavy atom. The predicted octanol–water partition coefficient (Wildman–Crippen LogP) is 3.29. The Hall–Kier alpha value is 0.440. The van der Waals surface area contributed by atoms with Gasteiger partial charge in [-0.3, -0.25) is 0 Å². The molecule has 2 N–H and O–H groups in total. The topological polar surface area (TPSA) is 63.4 Å². The van der Waals surface area contributed by atoms with Gasteiger partial charge in [0.25, 0.3) is 0 Å². The lowest BCUT2D eigenvalue weighted by Crippen LogP contribution is -2.42. The van der Waals surface area contributed by atoms with E-state index in [1.165, 1.54) is 10.4 Å². The lowest BCUT2D eigenvalue weighted by molar-refractivity contribution is 0.320.